The van der Waals surface area contributed by atoms with Gasteiger partial charge >= 0.3 is 12.4 Å². The van der Waals surface area contributed by atoms with Gasteiger partial charge in [0.05, 0.1) is 47.1 Å². The van der Waals surface area contributed by atoms with Gasteiger partial charge in [0.2, 0.25) is 11.8 Å². The lowest BCUT2D eigenvalue weighted by molar-refractivity contribution is -0.143. The standard InChI is InChI=1S/C34H28F6N2O4/c1-18-12-25-30(32(45)42(31(25)44)23-15-21(33(35,36)37)14-22(16-23)34(38,39)40)26-17-46-28(29(18)26)10-7-20(27-4-2-3-11-41-27)13-19-5-8-24(43)9-6-19/h2-6,8-9,11,13-16,25-26,28,30,43H,7,10,12,17H2,1H3/b20-13-/t25-,26+,28-,30-/m1/s1. The number of hydrogen-bond donors (Lipinski definition) is 1. The highest BCUT2D eigenvalue weighted by molar-refractivity contribution is 6.22. The molecule has 2 amide bonds. The second-order valence-corrected chi connectivity index (χ2v) is 11.8. The predicted octanol–water partition coefficient (Wildman–Crippen LogP) is 7.69. The number of anilines is 1. The number of phenolic OH excluding ortho intramolecular Hbond substituents is 1. The van der Waals surface area contributed by atoms with Crippen LogP contribution >= 0.6 is 0 Å². The van der Waals surface area contributed by atoms with Gasteiger partial charge in [0.1, 0.15) is 5.75 Å². The van der Waals surface area contributed by atoms with Crippen LogP contribution in [-0.2, 0) is 26.7 Å². The van der Waals surface area contributed by atoms with Gasteiger partial charge in [-0.2, -0.15) is 26.3 Å². The Kier molecular flexibility index (Phi) is 8.04. The topological polar surface area (TPSA) is 79.7 Å². The lowest BCUT2D eigenvalue weighted by atomic mass is 9.70. The quantitative estimate of drug-likeness (QED) is 0.170. The van der Waals surface area contributed by atoms with Crippen molar-refractivity contribution in [1.82, 2.24) is 4.98 Å². The summed E-state index contributed by atoms with van der Waals surface area (Å²) in [6.07, 6.45) is -5.90. The molecule has 46 heavy (non-hydrogen) atoms. The molecule has 4 atom stereocenters. The number of pyridine rings is 1. The molecule has 0 unspecified atom stereocenters. The van der Waals surface area contributed by atoms with E-state index in [2.05, 4.69) is 4.98 Å². The minimum Gasteiger partial charge on any atom is -0.508 e. The first-order chi connectivity index (χ1) is 21.7. The molecule has 3 aromatic rings. The van der Waals surface area contributed by atoms with Gasteiger partial charge in [-0.15, -0.1) is 0 Å². The van der Waals surface area contributed by atoms with Gasteiger partial charge in [-0.1, -0.05) is 23.8 Å². The van der Waals surface area contributed by atoms with E-state index in [4.69, 9.17) is 4.74 Å². The fraction of sp³-hybridized carbons (Fsp3) is 0.324. The number of phenols is 1. The summed E-state index contributed by atoms with van der Waals surface area (Å²) in [6, 6.07) is 13.0. The van der Waals surface area contributed by atoms with E-state index in [9.17, 15) is 41.0 Å². The molecule has 1 aromatic heterocycles. The number of aromatic hydroxyl groups is 1. The first-order valence-corrected chi connectivity index (χ1v) is 14.6. The van der Waals surface area contributed by atoms with E-state index in [0.717, 1.165) is 28.0 Å². The molecule has 0 saturated carbocycles. The van der Waals surface area contributed by atoms with E-state index < -0.39 is 64.8 Å². The SMILES string of the molecule is CC1=C2[C@@H](CC/C(=C/c3ccc(O)cc3)c3ccccn3)OC[C@@H]2[C@@H]2C(=O)N(c3cc(C(F)(F)F)cc(C(F)(F)F)c3)C(=O)[C@@H]2C1. The van der Waals surface area contributed by atoms with Gasteiger partial charge in [-0.05, 0) is 91.4 Å². The molecule has 0 bridgehead atoms. The van der Waals surface area contributed by atoms with Crippen LogP contribution in [0.3, 0.4) is 0 Å². The summed E-state index contributed by atoms with van der Waals surface area (Å²) in [5.74, 6) is -3.96. The molecular weight excluding hydrogens is 614 g/mol. The third kappa shape index (κ3) is 5.93. The Morgan fingerprint density at radius 3 is 2.24 bits per heavy atom. The molecule has 240 valence electrons. The molecule has 3 heterocycles. The van der Waals surface area contributed by atoms with Gasteiger partial charge in [0.15, 0.2) is 0 Å². The summed E-state index contributed by atoms with van der Waals surface area (Å²) >= 11 is 0. The molecule has 2 saturated heterocycles. The highest BCUT2D eigenvalue weighted by Gasteiger charge is 2.57. The molecule has 1 N–H and O–H groups in total. The number of benzene rings is 2. The number of carbonyl (C=O) groups is 2. The van der Waals surface area contributed by atoms with Gasteiger partial charge in [0, 0.05) is 12.1 Å². The van der Waals surface area contributed by atoms with Crippen LogP contribution in [0.2, 0.25) is 0 Å². The number of rotatable bonds is 6. The summed E-state index contributed by atoms with van der Waals surface area (Å²) in [6.45, 7) is 1.90. The van der Waals surface area contributed by atoms with Gasteiger partial charge in [-0.25, -0.2) is 4.90 Å². The van der Waals surface area contributed by atoms with Crippen LogP contribution in [-0.4, -0.2) is 34.6 Å². The number of aromatic nitrogens is 1. The Morgan fingerprint density at radius 1 is 0.957 bits per heavy atom. The number of ether oxygens (including phenoxy) is 1. The normalized spacial score (nSPS) is 23.6. The lowest BCUT2D eigenvalue weighted by Gasteiger charge is -2.30. The number of carbonyl (C=O) groups excluding carboxylic acids is 2. The van der Waals surface area contributed by atoms with Crippen LogP contribution in [0, 0.1) is 17.8 Å². The summed E-state index contributed by atoms with van der Waals surface area (Å²) in [5.41, 5.74) is 0.193. The third-order valence-electron chi connectivity index (χ3n) is 8.89. The molecule has 2 aromatic carbocycles. The zero-order valence-electron chi connectivity index (χ0n) is 24.4. The summed E-state index contributed by atoms with van der Waals surface area (Å²) in [5, 5.41) is 9.67. The maximum absolute atomic E-state index is 13.7. The molecule has 2 fully saturated rings. The molecule has 6 rings (SSSR count). The average molecular weight is 643 g/mol. The van der Waals surface area contributed by atoms with Crippen LogP contribution in [0.5, 0.6) is 5.75 Å². The number of hydrogen-bond acceptors (Lipinski definition) is 5. The Morgan fingerprint density at radius 2 is 1.63 bits per heavy atom. The molecule has 1 aliphatic carbocycles. The lowest BCUT2D eigenvalue weighted by Crippen LogP contribution is -2.34. The second kappa shape index (κ2) is 11.7. The maximum Gasteiger partial charge on any atom is 0.416 e. The Labute approximate surface area is 260 Å². The fourth-order valence-corrected chi connectivity index (χ4v) is 6.84. The van der Waals surface area contributed by atoms with Crippen molar-refractivity contribution in [1.29, 1.82) is 0 Å². The van der Waals surface area contributed by atoms with E-state index in [1.807, 2.05) is 25.1 Å². The average Bonchev–Trinajstić information content (AvgIpc) is 3.54. The molecule has 0 radical (unpaired) electrons. The Hall–Kier alpha value is -4.45. The summed E-state index contributed by atoms with van der Waals surface area (Å²) in [7, 11) is 0. The molecular formula is C34H28F6N2O4. The fourth-order valence-electron chi connectivity index (χ4n) is 6.84. The van der Waals surface area contributed by atoms with E-state index in [-0.39, 0.29) is 24.8 Å². The van der Waals surface area contributed by atoms with Gasteiger partial charge in [0.25, 0.3) is 0 Å². The van der Waals surface area contributed by atoms with Gasteiger partial charge < -0.3 is 9.84 Å². The number of alkyl halides is 6. The number of halogens is 6. The van der Waals surface area contributed by atoms with Crippen molar-refractivity contribution < 1.29 is 45.8 Å². The molecule has 3 aliphatic rings. The van der Waals surface area contributed by atoms with Crippen LogP contribution in [0.25, 0.3) is 11.6 Å². The minimum absolute atomic E-state index is 0.0316. The van der Waals surface area contributed by atoms with Gasteiger partial charge in [-0.3, -0.25) is 14.6 Å². The monoisotopic (exact) mass is 642 g/mol. The van der Waals surface area contributed by atoms with Crippen molar-refractivity contribution in [3.05, 3.63) is 100 Å². The van der Waals surface area contributed by atoms with E-state index in [1.165, 1.54) is 0 Å². The van der Waals surface area contributed by atoms with Crippen molar-refractivity contribution in [3.63, 3.8) is 0 Å². The summed E-state index contributed by atoms with van der Waals surface area (Å²) < 4.78 is 87.5. The minimum atomic E-state index is -5.13. The second-order valence-electron chi connectivity index (χ2n) is 11.8. The largest absolute Gasteiger partial charge is 0.508 e. The molecule has 12 heteroatoms. The van der Waals surface area contributed by atoms with E-state index in [1.54, 1.807) is 36.5 Å². The van der Waals surface area contributed by atoms with E-state index in [0.29, 0.717) is 29.9 Å². The number of nitrogens with zero attached hydrogens (tertiary/aromatic N) is 2. The van der Waals surface area contributed by atoms with Crippen molar-refractivity contribution >= 4 is 29.2 Å². The highest BCUT2D eigenvalue weighted by atomic mass is 19.4. The first-order valence-electron chi connectivity index (χ1n) is 14.6. The molecule has 0 spiro atoms. The highest BCUT2D eigenvalue weighted by Crippen LogP contribution is 2.51. The number of allylic oxidation sites excluding steroid dienone is 2. The number of imide groups is 1. The first kappa shape index (κ1) is 31.5. The zero-order valence-corrected chi connectivity index (χ0v) is 24.4. The van der Waals surface area contributed by atoms with Crippen molar-refractivity contribution in [2.24, 2.45) is 17.8 Å². The van der Waals surface area contributed by atoms with Crippen LogP contribution in [0.4, 0.5) is 32.0 Å². The predicted molar refractivity (Wildman–Crippen MR) is 156 cm³/mol. The van der Waals surface area contributed by atoms with Crippen LogP contribution in [0.15, 0.2) is 78.0 Å². The Balaban J connectivity index is 1.27. The molecule has 2 aliphatic heterocycles. The number of amides is 2. The summed E-state index contributed by atoms with van der Waals surface area (Å²) in [4.78, 5) is 32.2. The van der Waals surface area contributed by atoms with Crippen LogP contribution < -0.4 is 4.90 Å². The Bertz CT molecular complexity index is 1700. The smallest absolute Gasteiger partial charge is 0.416 e. The molecule has 6 nitrogen and oxygen atoms in total. The third-order valence-corrected chi connectivity index (χ3v) is 8.89. The van der Waals surface area contributed by atoms with Crippen molar-refractivity contribution in [2.45, 2.75) is 44.6 Å². The zero-order chi connectivity index (χ0) is 33.0. The van der Waals surface area contributed by atoms with E-state index >= 15 is 0 Å². The maximum atomic E-state index is 13.7. The van der Waals surface area contributed by atoms with Crippen LogP contribution in [0.1, 0.15) is 48.6 Å². The van der Waals surface area contributed by atoms with Crippen molar-refractivity contribution in [3.8, 4) is 5.75 Å². The van der Waals surface area contributed by atoms with Crippen molar-refractivity contribution in [2.75, 3.05) is 11.5 Å². The number of fused-ring (bicyclic) bond motifs is 3.